The van der Waals surface area contributed by atoms with E-state index >= 15 is 0 Å². The van der Waals surface area contributed by atoms with Gasteiger partial charge >= 0.3 is 0 Å². The van der Waals surface area contributed by atoms with Gasteiger partial charge in [-0.3, -0.25) is 4.79 Å². The largest absolute Gasteiger partial charge is 0.441 e. The number of aromatic nitrogens is 2. The predicted molar refractivity (Wildman–Crippen MR) is 99.9 cm³/mol. The van der Waals surface area contributed by atoms with Crippen LogP contribution in [0.1, 0.15) is 27.0 Å². The zero-order valence-corrected chi connectivity index (χ0v) is 15.6. The molecule has 0 atom stereocenters. The van der Waals surface area contributed by atoms with Gasteiger partial charge in [0.1, 0.15) is 22.2 Å². The number of amides is 1. The zero-order valence-electron chi connectivity index (χ0n) is 14.8. The van der Waals surface area contributed by atoms with E-state index in [0.29, 0.717) is 31.1 Å². The van der Waals surface area contributed by atoms with Crippen LogP contribution in [0.5, 0.6) is 0 Å². The molecule has 0 radical (unpaired) electrons. The molecule has 3 aromatic rings. The highest BCUT2D eigenvalue weighted by atomic mass is 32.1. The molecule has 2 aromatic heterocycles. The third-order valence-corrected chi connectivity index (χ3v) is 5.09. The normalized spacial score (nSPS) is 13.9. The minimum Gasteiger partial charge on any atom is -0.441 e. The van der Waals surface area contributed by atoms with E-state index in [1.807, 2.05) is 54.7 Å². The molecule has 3 heterocycles. The van der Waals surface area contributed by atoms with Crippen LogP contribution in [0.15, 0.2) is 40.1 Å². The Balaban J connectivity index is 1.50. The molecule has 0 aliphatic carbocycles. The molecule has 1 amide bonds. The molecule has 6 nitrogen and oxygen atoms in total. The van der Waals surface area contributed by atoms with Crippen molar-refractivity contribution in [3.8, 4) is 11.5 Å². The van der Waals surface area contributed by atoms with Crippen molar-refractivity contribution in [1.29, 1.82) is 0 Å². The first-order valence-corrected chi connectivity index (χ1v) is 9.40. The lowest BCUT2D eigenvalue weighted by molar-refractivity contribution is 0.0722. The molecular weight excluding hydrogens is 348 g/mol. The number of nitrogens with zero attached hydrogens (tertiary/aromatic N) is 4. The lowest BCUT2D eigenvalue weighted by Crippen LogP contribution is -2.36. The molecule has 0 fully saturated rings. The first-order chi connectivity index (χ1) is 12.6. The number of fused-ring (bicyclic) bond motifs is 1. The number of thiazole rings is 1. The Hall–Kier alpha value is -2.51. The Labute approximate surface area is 156 Å². The summed E-state index contributed by atoms with van der Waals surface area (Å²) in [7, 11) is 3.98. The van der Waals surface area contributed by atoms with Gasteiger partial charge in [-0.25, -0.2) is 9.97 Å². The second-order valence-corrected chi connectivity index (χ2v) is 7.54. The summed E-state index contributed by atoms with van der Waals surface area (Å²) in [6.07, 6.45) is 0.676. The van der Waals surface area contributed by atoms with Gasteiger partial charge in [0, 0.05) is 30.5 Å². The van der Waals surface area contributed by atoms with Gasteiger partial charge in [-0.15, -0.1) is 11.3 Å². The standard InChI is InChI=1S/C19H20N4O2S/c1-22(2)11-17-20-15(12-26-17)19(24)23-9-8-16-14(10-23)21-18(25-16)13-6-4-3-5-7-13/h3-7,12H,8-11H2,1-2H3. The summed E-state index contributed by atoms with van der Waals surface area (Å²) in [4.78, 5) is 25.7. The maximum atomic E-state index is 12.8. The van der Waals surface area contributed by atoms with Crippen molar-refractivity contribution < 1.29 is 9.21 Å². The van der Waals surface area contributed by atoms with Crippen LogP contribution >= 0.6 is 11.3 Å². The monoisotopic (exact) mass is 368 g/mol. The third-order valence-electron chi connectivity index (χ3n) is 4.26. The van der Waals surface area contributed by atoms with Gasteiger partial charge in [0.2, 0.25) is 5.89 Å². The number of carbonyl (C=O) groups is 1. The van der Waals surface area contributed by atoms with Crippen molar-refractivity contribution in [2.75, 3.05) is 20.6 Å². The number of hydrogen-bond acceptors (Lipinski definition) is 6. The van der Waals surface area contributed by atoms with E-state index in [0.717, 1.165) is 28.6 Å². The number of hydrogen-bond donors (Lipinski definition) is 0. The maximum Gasteiger partial charge on any atom is 0.273 e. The molecular formula is C19H20N4O2S. The smallest absolute Gasteiger partial charge is 0.273 e. The van der Waals surface area contributed by atoms with Gasteiger partial charge in [-0.1, -0.05) is 18.2 Å². The Morgan fingerprint density at radius 2 is 2.08 bits per heavy atom. The van der Waals surface area contributed by atoms with E-state index in [1.54, 1.807) is 4.90 Å². The van der Waals surface area contributed by atoms with Crippen LogP contribution in [0.25, 0.3) is 11.5 Å². The molecule has 4 rings (SSSR count). The van der Waals surface area contributed by atoms with Crippen LogP contribution in [0, 0.1) is 0 Å². The van der Waals surface area contributed by atoms with Crippen LogP contribution in [0.3, 0.4) is 0 Å². The Kier molecular flexibility index (Phi) is 4.57. The van der Waals surface area contributed by atoms with Gasteiger partial charge in [-0.05, 0) is 26.2 Å². The minimum atomic E-state index is -0.0406. The molecule has 0 unspecified atom stereocenters. The molecule has 0 spiro atoms. The quantitative estimate of drug-likeness (QED) is 0.708. The average molecular weight is 368 g/mol. The van der Waals surface area contributed by atoms with E-state index in [-0.39, 0.29) is 5.91 Å². The molecule has 0 N–H and O–H groups in total. The van der Waals surface area contributed by atoms with E-state index in [9.17, 15) is 4.79 Å². The van der Waals surface area contributed by atoms with E-state index in [1.165, 1.54) is 11.3 Å². The van der Waals surface area contributed by atoms with Crippen molar-refractivity contribution in [3.05, 3.63) is 57.9 Å². The summed E-state index contributed by atoms with van der Waals surface area (Å²) in [6, 6.07) is 9.83. The second kappa shape index (κ2) is 7.01. The summed E-state index contributed by atoms with van der Waals surface area (Å²) >= 11 is 1.52. The number of oxazole rings is 1. The summed E-state index contributed by atoms with van der Waals surface area (Å²) in [5, 5.41) is 2.79. The fourth-order valence-electron chi connectivity index (χ4n) is 2.99. The SMILES string of the molecule is CN(C)Cc1nc(C(=O)N2CCc3oc(-c4ccccc4)nc3C2)cs1. The third kappa shape index (κ3) is 3.40. The van der Waals surface area contributed by atoms with E-state index in [4.69, 9.17) is 4.42 Å². The average Bonchev–Trinajstić information content (AvgIpc) is 3.27. The van der Waals surface area contributed by atoms with Gasteiger partial charge in [0.15, 0.2) is 0 Å². The summed E-state index contributed by atoms with van der Waals surface area (Å²) in [5.41, 5.74) is 2.31. The Morgan fingerprint density at radius 1 is 1.27 bits per heavy atom. The topological polar surface area (TPSA) is 62.5 Å². The molecule has 0 saturated carbocycles. The molecule has 1 aliphatic rings. The summed E-state index contributed by atoms with van der Waals surface area (Å²) < 4.78 is 5.91. The van der Waals surface area contributed by atoms with E-state index < -0.39 is 0 Å². The summed E-state index contributed by atoms with van der Waals surface area (Å²) in [6.45, 7) is 1.83. The lowest BCUT2D eigenvalue weighted by atomic mass is 10.1. The first-order valence-electron chi connectivity index (χ1n) is 8.52. The van der Waals surface area contributed by atoms with Crippen LogP contribution in [0.4, 0.5) is 0 Å². The number of rotatable bonds is 4. The van der Waals surface area contributed by atoms with E-state index in [2.05, 4.69) is 9.97 Å². The molecule has 0 saturated heterocycles. The van der Waals surface area contributed by atoms with Crippen molar-refractivity contribution in [1.82, 2.24) is 19.8 Å². The van der Waals surface area contributed by atoms with Gasteiger partial charge in [0.25, 0.3) is 5.91 Å². The Morgan fingerprint density at radius 3 is 2.85 bits per heavy atom. The van der Waals surface area contributed by atoms with Crippen LogP contribution < -0.4 is 0 Å². The van der Waals surface area contributed by atoms with Crippen LogP contribution in [-0.4, -0.2) is 46.3 Å². The van der Waals surface area contributed by atoms with Gasteiger partial charge in [0.05, 0.1) is 6.54 Å². The molecule has 1 aromatic carbocycles. The molecule has 7 heteroatoms. The lowest BCUT2D eigenvalue weighted by Gasteiger charge is -2.24. The molecule has 0 bridgehead atoms. The van der Waals surface area contributed by atoms with Crippen LogP contribution in [0.2, 0.25) is 0 Å². The second-order valence-electron chi connectivity index (χ2n) is 6.60. The predicted octanol–water partition coefficient (Wildman–Crippen LogP) is 3.06. The van der Waals surface area contributed by atoms with Gasteiger partial charge < -0.3 is 14.2 Å². The fraction of sp³-hybridized carbons (Fsp3) is 0.316. The summed E-state index contributed by atoms with van der Waals surface area (Å²) in [5.74, 6) is 1.45. The highest BCUT2D eigenvalue weighted by molar-refractivity contribution is 7.09. The van der Waals surface area contributed by atoms with Crippen LogP contribution in [-0.2, 0) is 19.5 Å². The van der Waals surface area contributed by atoms with Crippen molar-refractivity contribution >= 4 is 17.2 Å². The van der Waals surface area contributed by atoms with Crippen molar-refractivity contribution in [2.45, 2.75) is 19.5 Å². The number of carbonyl (C=O) groups excluding carboxylic acids is 1. The highest BCUT2D eigenvalue weighted by Crippen LogP contribution is 2.27. The molecule has 26 heavy (non-hydrogen) atoms. The number of benzene rings is 1. The zero-order chi connectivity index (χ0) is 18.1. The minimum absolute atomic E-state index is 0.0406. The molecule has 134 valence electrons. The maximum absolute atomic E-state index is 12.8. The van der Waals surface area contributed by atoms with Crippen molar-refractivity contribution in [3.63, 3.8) is 0 Å². The van der Waals surface area contributed by atoms with Crippen molar-refractivity contribution in [2.24, 2.45) is 0 Å². The fourth-order valence-corrected chi connectivity index (χ4v) is 3.88. The van der Waals surface area contributed by atoms with Gasteiger partial charge in [-0.2, -0.15) is 0 Å². The first kappa shape index (κ1) is 16.9. The molecule has 1 aliphatic heterocycles. The Bertz CT molecular complexity index is 917. The highest BCUT2D eigenvalue weighted by Gasteiger charge is 2.27.